The number of ketones is 1. The van der Waals surface area contributed by atoms with Crippen molar-refractivity contribution in [2.45, 2.75) is 59.3 Å². The molecule has 5 nitrogen and oxygen atoms in total. The quantitative estimate of drug-likeness (QED) is 0.484. The Balaban J connectivity index is 2.04. The fraction of sp³-hybridized carbons (Fsp3) is 0.560. The minimum atomic E-state index is -0.410. The Labute approximate surface area is 179 Å². The number of benzene rings is 1. The van der Waals surface area contributed by atoms with Crippen LogP contribution in [0.25, 0.3) is 0 Å². The third kappa shape index (κ3) is 4.72. The summed E-state index contributed by atoms with van der Waals surface area (Å²) in [7, 11) is 1.57. The lowest BCUT2D eigenvalue weighted by Gasteiger charge is -2.41. The van der Waals surface area contributed by atoms with E-state index in [1.807, 2.05) is 6.92 Å². The Kier molecular flexibility index (Phi) is 6.91. The van der Waals surface area contributed by atoms with Crippen LogP contribution in [0.4, 0.5) is 0 Å². The molecular formula is C25H33NO4. The number of methoxy groups -OCH3 is 1. The average Bonchev–Trinajstić information content (AvgIpc) is 2.67. The van der Waals surface area contributed by atoms with Crippen molar-refractivity contribution in [1.82, 2.24) is 0 Å². The smallest absolute Gasteiger partial charge is 0.336 e. The molecule has 0 N–H and O–H groups in total. The number of aliphatic imine (C=N–C) groups is 1. The third-order valence-corrected chi connectivity index (χ3v) is 5.98. The first-order valence-electron chi connectivity index (χ1n) is 10.8. The molecule has 3 rings (SSSR count). The second kappa shape index (κ2) is 9.25. The number of rotatable bonds is 7. The van der Waals surface area contributed by atoms with E-state index in [-0.39, 0.29) is 23.7 Å². The molecule has 1 heterocycles. The summed E-state index contributed by atoms with van der Waals surface area (Å²) in [6.07, 6.45) is 3.34. The molecule has 1 aliphatic heterocycles. The van der Waals surface area contributed by atoms with Crippen LogP contribution in [0.2, 0.25) is 0 Å². The first kappa shape index (κ1) is 22.4. The largest absolute Gasteiger partial charge is 0.460 e. The molecule has 1 aromatic rings. The normalized spacial score (nSPS) is 23.1. The maximum absolute atomic E-state index is 13.3. The van der Waals surface area contributed by atoms with Crippen LogP contribution in [0.3, 0.4) is 0 Å². The van der Waals surface area contributed by atoms with Gasteiger partial charge in [0.15, 0.2) is 0 Å². The van der Waals surface area contributed by atoms with Crippen LogP contribution >= 0.6 is 0 Å². The molecule has 1 aliphatic carbocycles. The Morgan fingerprint density at radius 3 is 2.47 bits per heavy atom. The number of aryl methyl sites for hydroxylation is 1. The van der Waals surface area contributed by atoms with Gasteiger partial charge in [0.1, 0.15) is 12.4 Å². The average molecular weight is 412 g/mol. The molecule has 30 heavy (non-hydrogen) atoms. The van der Waals surface area contributed by atoms with E-state index >= 15 is 0 Å². The van der Waals surface area contributed by atoms with E-state index in [1.165, 1.54) is 5.56 Å². The van der Waals surface area contributed by atoms with Crippen molar-refractivity contribution in [1.29, 1.82) is 0 Å². The molecule has 0 bridgehead atoms. The summed E-state index contributed by atoms with van der Waals surface area (Å²) in [5.41, 5.74) is 4.15. The van der Waals surface area contributed by atoms with E-state index in [2.05, 4.69) is 45.0 Å². The predicted molar refractivity (Wildman–Crippen MR) is 118 cm³/mol. The van der Waals surface area contributed by atoms with Crippen LogP contribution < -0.4 is 0 Å². The fourth-order valence-corrected chi connectivity index (χ4v) is 4.69. The lowest BCUT2D eigenvalue weighted by atomic mass is 9.63. The van der Waals surface area contributed by atoms with Crippen molar-refractivity contribution in [3.63, 3.8) is 0 Å². The molecule has 0 saturated heterocycles. The summed E-state index contributed by atoms with van der Waals surface area (Å²) in [5, 5.41) is 0. The van der Waals surface area contributed by atoms with Gasteiger partial charge >= 0.3 is 5.97 Å². The van der Waals surface area contributed by atoms with Gasteiger partial charge in [0.25, 0.3) is 0 Å². The lowest BCUT2D eigenvalue weighted by Crippen LogP contribution is -2.44. The van der Waals surface area contributed by atoms with Crippen LogP contribution in [0.1, 0.15) is 64.0 Å². The minimum absolute atomic E-state index is 0.112. The van der Waals surface area contributed by atoms with E-state index in [9.17, 15) is 9.59 Å². The highest BCUT2D eigenvalue weighted by Gasteiger charge is 2.47. The molecule has 2 atom stereocenters. The number of hydrogen-bond acceptors (Lipinski definition) is 5. The Bertz CT molecular complexity index is 864. The number of Topliss-reactive ketones (excluding diaryl/α,β-unsaturated/α-hetero) is 1. The Morgan fingerprint density at radius 1 is 1.13 bits per heavy atom. The molecule has 1 saturated carbocycles. The highest BCUT2D eigenvalue weighted by molar-refractivity contribution is 6.12. The van der Waals surface area contributed by atoms with E-state index in [0.717, 1.165) is 30.5 Å². The molecule has 162 valence electrons. The molecular weight excluding hydrogens is 378 g/mol. The zero-order valence-corrected chi connectivity index (χ0v) is 18.8. The topological polar surface area (TPSA) is 65.0 Å². The van der Waals surface area contributed by atoms with Crippen molar-refractivity contribution in [3.8, 4) is 0 Å². The number of esters is 1. The van der Waals surface area contributed by atoms with E-state index in [0.29, 0.717) is 24.3 Å². The second-order valence-corrected chi connectivity index (χ2v) is 9.16. The zero-order chi connectivity index (χ0) is 21.9. The van der Waals surface area contributed by atoms with Crippen LogP contribution in [0, 0.1) is 11.3 Å². The monoisotopic (exact) mass is 411 g/mol. The van der Waals surface area contributed by atoms with Crippen molar-refractivity contribution in [3.05, 3.63) is 46.7 Å². The Morgan fingerprint density at radius 2 is 1.83 bits per heavy atom. The summed E-state index contributed by atoms with van der Waals surface area (Å²) in [4.78, 5) is 31.0. The maximum atomic E-state index is 13.3. The van der Waals surface area contributed by atoms with Crippen molar-refractivity contribution >= 4 is 17.5 Å². The molecule has 0 spiro atoms. The van der Waals surface area contributed by atoms with E-state index in [1.54, 1.807) is 7.11 Å². The summed E-state index contributed by atoms with van der Waals surface area (Å²) in [5.74, 6) is -1.01. The first-order chi connectivity index (χ1) is 14.3. The maximum Gasteiger partial charge on any atom is 0.336 e. The molecule has 0 amide bonds. The van der Waals surface area contributed by atoms with Gasteiger partial charge in [0, 0.05) is 30.9 Å². The third-order valence-electron chi connectivity index (χ3n) is 5.98. The number of fused-ring (bicyclic) bond motifs is 1. The van der Waals surface area contributed by atoms with Crippen LogP contribution in [0.15, 0.2) is 40.5 Å². The van der Waals surface area contributed by atoms with Gasteiger partial charge in [0.2, 0.25) is 0 Å². The zero-order valence-electron chi connectivity index (χ0n) is 18.8. The number of nitrogens with zero attached hydrogens (tertiary/aromatic N) is 1. The Hall–Kier alpha value is -2.27. The lowest BCUT2D eigenvalue weighted by molar-refractivity contribution is -0.140. The van der Waals surface area contributed by atoms with Gasteiger partial charge in [-0.15, -0.1) is 0 Å². The van der Waals surface area contributed by atoms with Gasteiger partial charge in [-0.3, -0.25) is 9.79 Å². The number of carbonyl (C=O) groups is 2. The van der Waals surface area contributed by atoms with Crippen LogP contribution in [0.5, 0.6) is 0 Å². The number of carbonyl (C=O) groups excluding carboxylic acids is 2. The van der Waals surface area contributed by atoms with Gasteiger partial charge in [-0.05, 0) is 36.3 Å². The second-order valence-electron chi connectivity index (χ2n) is 9.16. The van der Waals surface area contributed by atoms with Gasteiger partial charge < -0.3 is 9.47 Å². The highest BCUT2D eigenvalue weighted by atomic mass is 16.6. The minimum Gasteiger partial charge on any atom is -0.460 e. The van der Waals surface area contributed by atoms with Gasteiger partial charge in [0.05, 0.1) is 18.1 Å². The number of allylic oxidation sites excluding steroid dienone is 1. The van der Waals surface area contributed by atoms with E-state index in [4.69, 9.17) is 14.5 Å². The molecule has 5 heteroatoms. The summed E-state index contributed by atoms with van der Waals surface area (Å²) in [6.45, 7) is 8.72. The standard InChI is InChI=1S/C25H33NO4/c1-6-7-17-8-10-18(11-9-17)22-21(24(28)30-13-12-29-5)16(2)26-19-14-25(3,4)15-20(27)23(19)22/h8-11,22-23H,6-7,12-15H2,1-5H3. The summed E-state index contributed by atoms with van der Waals surface area (Å²) < 4.78 is 10.5. The van der Waals surface area contributed by atoms with Gasteiger partial charge in [-0.2, -0.15) is 0 Å². The van der Waals surface area contributed by atoms with Crippen molar-refractivity contribution in [2.24, 2.45) is 16.3 Å². The fourth-order valence-electron chi connectivity index (χ4n) is 4.69. The van der Waals surface area contributed by atoms with E-state index < -0.39 is 11.9 Å². The number of ether oxygens (including phenoxy) is 2. The molecule has 1 aromatic carbocycles. The van der Waals surface area contributed by atoms with Crippen LogP contribution in [-0.4, -0.2) is 37.8 Å². The summed E-state index contributed by atoms with van der Waals surface area (Å²) >= 11 is 0. The summed E-state index contributed by atoms with van der Waals surface area (Å²) in [6, 6.07) is 8.32. The van der Waals surface area contributed by atoms with Crippen LogP contribution in [-0.2, 0) is 25.5 Å². The SMILES string of the molecule is CCCc1ccc(C2C(C(=O)OCCOC)=C(C)N=C3CC(C)(C)CC(=O)C32)cc1. The predicted octanol–water partition coefficient (Wildman–Crippen LogP) is 4.65. The highest BCUT2D eigenvalue weighted by Crippen LogP contribution is 2.47. The van der Waals surface area contributed by atoms with Crippen molar-refractivity contribution in [2.75, 3.05) is 20.3 Å². The van der Waals surface area contributed by atoms with Gasteiger partial charge in [-0.25, -0.2) is 4.79 Å². The first-order valence-corrected chi connectivity index (χ1v) is 10.8. The molecule has 2 aliphatic rings. The molecule has 2 unspecified atom stereocenters. The number of hydrogen-bond donors (Lipinski definition) is 0. The van der Waals surface area contributed by atoms with Gasteiger partial charge in [-0.1, -0.05) is 51.5 Å². The van der Waals surface area contributed by atoms with Crippen molar-refractivity contribution < 1.29 is 19.1 Å². The molecule has 0 radical (unpaired) electrons. The molecule has 1 fully saturated rings. The molecule has 0 aromatic heterocycles.